The van der Waals surface area contributed by atoms with Gasteiger partial charge in [0.25, 0.3) is 5.91 Å². The number of hydrogen-bond acceptors (Lipinski definition) is 4. The molecule has 2 N–H and O–H groups in total. The Kier molecular flexibility index (Phi) is 4.12. The fourth-order valence-corrected chi connectivity index (χ4v) is 2.61. The highest BCUT2D eigenvalue weighted by molar-refractivity contribution is 7.11. The van der Waals surface area contributed by atoms with E-state index < -0.39 is 0 Å². The minimum Gasteiger partial charge on any atom is -0.396 e. The van der Waals surface area contributed by atoms with Crippen LogP contribution in [0.1, 0.15) is 53.9 Å². The van der Waals surface area contributed by atoms with Gasteiger partial charge in [-0.1, -0.05) is 0 Å². The summed E-state index contributed by atoms with van der Waals surface area (Å²) in [6.07, 6.45) is 3.84. The second kappa shape index (κ2) is 5.60. The fraction of sp³-hybridized carbons (Fsp3) is 0.667. The zero-order valence-corrected chi connectivity index (χ0v) is 10.8. The van der Waals surface area contributed by atoms with Gasteiger partial charge in [0, 0.05) is 18.6 Å². The number of carbonyl (C=O) groups excluding carboxylic acids is 1. The van der Waals surface area contributed by atoms with Crippen LogP contribution in [0.5, 0.6) is 0 Å². The first-order valence-corrected chi connectivity index (χ1v) is 6.95. The van der Waals surface area contributed by atoms with E-state index in [0.29, 0.717) is 5.92 Å². The minimum absolute atomic E-state index is 0.0140. The molecule has 0 radical (unpaired) electrons. The molecule has 1 saturated carbocycles. The van der Waals surface area contributed by atoms with E-state index in [9.17, 15) is 4.79 Å². The lowest BCUT2D eigenvalue weighted by atomic mass is 10.2. The van der Waals surface area contributed by atoms with Crippen LogP contribution in [0.4, 0.5) is 0 Å². The maximum absolute atomic E-state index is 12.0. The first-order chi connectivity index (χ1) is 8.22. The van der Waals surface area contributed by atoms with Crippen molar-refractivity contribution in [1.29, 1.82) is 0 Å². The van der Waals surface area contributed by atoms with Crippen LogP contribution in [-0.2, 0) is 0 Å². The summed E-state index contributed by atoms with van der Waals surface area (Å²) >= 11 is 1.42. The van der Waals surface area contributed by atoms with E-state index >= 15 is 0 Å². The number of aromatic nitrogens is 1. The predicted molar refractivity (Wildman–Crippen MR) is 67.3 cm³/mol. The third-order valence-electron chi connectivity index (χ3n) is 2.94. The Balaban J connectivity index is 1.92. The number of hydrogen-bond donors (Lipinski definition) is 2. The van der Waals surface area contributed by atoms with Gasteiger partial charge in [-0.3, -0.25) is 4.79 Å². The third-order valence-corrected chi connectivity index (χ3v) is 3.78. The number of nitrogens with zero attached hydrogens (tertiary/aromatic N) is 1. The Hall–Kier alpha value is -0.940. The van der Waals surface area contributed by atoms with Crippen LogP contribution in [0, 0.1) is 0 Å². The van der Waals surface area contributed by atoms with E-state index in [-0.39, 0.29) is 18.6 Å². The number of carbonyl (C=O) groups is 1. The maximum atomic E-state index is 12.0. The molecule has 2 rings (SSSR count). The van der Waals surface area contributed by atoms with E-state index in [4.69, 9.17) is 5.11 Å². The van der Waals surface area contributed by atoms with Crippen molar-refractivity contribution in [3.63, 3.8) is 0 Å². The molecule has 1 aromatic rings. The van der Waals surface area contributed by atoms with Crippen LogP contribution in [0.2, 0.25) is 0 Å². The van der Waals surface area contributed by atoms with Gasteiger partial charge in [0.15, 0.2) is 0 Å². The highest BCUT2D eigenvalue weighted by Gasteiger charge is 2.30. The molecule has 0 spiro atoms. The van der Waals surface area contributed by atoms with Crippen molar-refractivity contribution in [3.8, 4) is 0 Å². The highest BCUT2D eigenvalue weighted by Crippen LogP contribution is 2.41. The third kappa shape index (κ3) is 3.26. The summed E-state index contributed by atoms with van der Waals surface area (Å²) in [4.78, 5) is 17.1. The first kappa shape index (κ1) is 12.5. The topological polar surface area (TPSA) is 62.2 Å². The van der Waals surface area contributed by atoms with Gasteiger partial charge in [0.1, 0.15) is 4.88 Å². The summed E-state index contributed by atoms with van der Waals surface area (Å²) in [6.45, 7) is 2.14. The largest absolute Gasteiger partial charge is 0.396 e. The Morgan fingerprint density at radius 2 is 2.47 bits per heavy atom. The average Bonchev–Trinajstić information content (AvgIpc) is 3.04. The molecule has 5 heteroatoms. The molecule has 0 bridgehead atoms. The second-order valence-corrected chi connectivity index (χ2v) is 5.44. The van der Waals surface area contributed by atoms with Crippen LogP contribution in [-0.4, -0.2) is 28.6 Å². The van der Waals surface area contributed by atoms with Crippen LogP contribution in [0.25, 0.3) is 0 Å². The molecule has 1 aliphatic carbocycles. The molecule has 0 saturated heterocycles. The lowest BCUT2D eigenvalue weighted by Crippen LogP contribution is -2.32. The van der Waals surface area contributed by atoms with Crippen molar-refractivity contribution >= 4 is 17.2 Å². The molecular formula is C12H18N2O2S. The Labute approximate surface area is 105 Å². The number of aliphatic hydroxyl groups is 1. The molecule has 1 aromatic heterocycles. The maximum Gasteiger partial charge on any atom is 0.263 e. The highest BCUT2D eigenvalue weighted by atomic mass is 32.1. The normalized spacial score (nSPS) is 16.8. The molecule has 1 amide bonds. The standard InChI is InChI=1S/C12H18N2O2S/c1-8(3-2-6-15)14-12(16)11-10(9-4-5-9)13-7-17-11/h7-9,15H,2-6H2,1H3,(H,14,16). The van der Waals surface area contributed by atoms with E-state index in [1.807, 2.05) is 6.92 Å². The van der Waals surface area contributed by atoms with Gasteiger partial charge in [-0.05, 0) is 32.6 Å². The van der Waals surface area contributed by atoms with E-state index in [1.165, 1.54) is 11.3 Å². The van der Waals surface area contributed by atoms with Gasteiger partial charge >= 0.3 is 0 Å². The van der Waals surface area contributed by atoms with Crippen LogP contribution in [0.15, 0.2) is 5.51 Å². The molecule has 0 aliphatic heterocycles. The first-order valence-electron chi connectivity index (χ1n) is 6.07. The van der Waals surface area contributed by atoms with E-state index in [0.717, 1.165) is 36.3 Å². The second-order valence-electron chi connectivity index (χ2n) is 4.58. The van der Waals surface area contributed by atoms with Crippen molar-refractivity contribution < 1.29 is 9.90 Å². The van der Waals surface area contributed by atoms with Crippen molar-refractivity contribution in [1.82, 2.24) is 10.3 Å². The van der Waals surface area contributed by atoms with Crippen LogP contribution >= 0.6 is 11.3 Å². The molecule has 17 heavy (non-hydrogen) atoms. The summed E-state index contributed by atoms with van der Waals surface area (Å²) in [7, 11) is 0. The minimum atomic E-state index is -0.0140. The lowest BCUT2D eigenvalue weighted by Gasteiger charge is -2.12. The van der Waals surface area contributed by atoms with Gasteiger partial charge in [0.2, 0.25) is 0 Å². The van der Waals surface area contributed by atoms with Gasteiger partial charge in [-0.15, -0.1) is 11.3 Å². The van der Waals surface area contributed by atoms with Gasteiger partial charge in [-0.25, -0.2) is 4.98 Å². The molecule has 1 heterocycles. The summed E-state index contributed by atoms with van der Waals surface area (Å²) in [5.74, 6) is 0.495. The smallest absolute Gasteiger partial charge is 0.263 e. The number of thiazole rings is 1. The molecular weight excluding hydrogens is 236 g/mol. The van der Waals surface area contributed by atoms with E-state index in [2.05, 4.69) is 10.3 Å². The fourth-order valence-electron chi connectivity index (χ4n) is 1.83. The Morgan fingerprint density at radius 1 is 1.71 bits per heavy atom. The summed E-state index contributed by atoms with van der Waals surface area (Å²) in [5.41, 5.74) is 2.72. The zero-order valence-electron chi connectivity index (χ0n) is 9.98. The molecule has 1 atom stereocenters. The number of rotatable bonds is 6. The monoisotopic (exact) mass is 254 g/mol. The van der Waals surface area contributed by atoms with Gasteiger partial charge in [0.05, 0.1) is 11.2 Å². The molecule has 0 aromatic carbocycles. The van der Waals surface area contributed by atoms with Crippen molar-refractivity contribution in [2.24, 2.45) is 0 Å². The summed E-state index contributed by atoms with van der Waals surface area (Å²) in [5, 5.41) is 11.7. The van der Waals surface area contributed by atoms with Crippen molar-refractivity contribution in [2.75, 3.05) is 6.61 Å². The van der Waals surface area contributed by atoms with Crippen molar-refractivity contribution in [3.05, 3.63) is 16.1 Å². The van der Waals surface area contributed by atoms with Crippen LogP contribution in [0.3, 0.4) is 0 Å². The van der Waals surface area contributed by atoms with Gasteiger partial charge < -0.3 is 10.4 Å². The molecule has 4 nitrogen and oxygen atoms in total. The SMILES string of the molecule is CC(CCCO)NC(=O)c1scnc1C1CC1. The Bertz CT molecular complexity index is 388. The molecule has 1 aliphatic rings. The average molecular weight is 254 g/mol. The summed E-state index contributed by atoms with van der Waals surface area (Å²) < 4.78 is 0. The molecule has 1 fully saturated rings. The number of amides is 1. The summed E-state index contributed by atoms with van der Waals surface area (Å²) in [6, 6.07) is 0.101. The molecule has 94 valence electrons. The molecule has 1 unspecified atom stereocenters. The van der Waals surface area contributed by atoms with E-state index in [1.54, 1.807) is 5.51 Å². The van der Waals surface area contributed by atoms with Crippen molar-refractivity contribution in [2.45, 2.75) is 44.6 Å². The number of nitrogens with one attached hydrogen (secondary N) is 1. The van der Waals surface area contributed by atoms with Gasteiger partial charge in [-0.2, -0.15) is 0 Å². The lowest BCUT2D eigenvalue weighted by molar-refractivity contribution is 0.0939. The van der Waals surface area contributed by atoms with Crippen LogP contribution < -0.4 is 5.32 Å². The zero-order chi connectivity index (χ0) is 12.3. The number of aliphatic hydroxyl groups excluding tert-OH is 1. The quantitative estimate of drug-likeness (QED) is 0.815. The predicted octanol–water partition coefficient (Wildman–Crippen LogP) is 1.91. The Morgan fingerprint density at radius 3 is 3.12 bits per heavy atom.